The van der Waals surface area contributed by atoms with E-state index < -0.39 is 0 Å². The lowest BCUT2D eigenvalue weighted by Crippen LogP contribution is -2.12. The standard InChI is InChI=1S/C16H23N3O/c1-4-5-14(10-17)16-18-15(19-20-16)9-13-7-11(2)6-12(3)8-13/h6-8,14H,4-5,9-10,17H2,1-3H3. The van der Waals surface area contributed by atoms with Crippen LogP contribution in [0.25, 0.3) is 0 Å². The zero-order valence-electron chi connectivity index (χ0n) is 12.5. The average molecular weight is 273 g/mol. The third-order valence-electron chi connectivity index (χ3n) is 3.40. The van der Waals surface area contributed by atoms with Gasteiger partial charge in [-0.3, -0.25) is 0 Å². The molecule has 0 fully saturated rings. The molecule has 0 radical (unpaired) electrons. The third kappa shape index (κ3) is 3.67. The van der Waals surface area contributed by atoms with E-state index in [1.165, 1.54) is 16.7 Å². The summed E-state index contributed by atoms with van der Waals surface area (Å²) in [5.74, 6) is 1.59. The highest BCUT2D eigenvalue weighted by Crippen LogP contribution is 2.19. The van der Waals surface area contributed by atoms with Gasteiger partial charge in [-0.25, -0.2) is 0 Å². The van der Waals surface area contributed by atoms with Crippen LogP contribution in [-0.2, 0) is 6.42 Å². The first kappa shape index (κ1) is 14.7. The minimum Gasteiger partial charge on any atom is -0.339 e. The molecule has 4 heteroatoms. The fourth-order valence-corrected chi connectivity index (χ4v) is 2.55. The Morgan fingerprint density at radius 3 is 2.50 bits per heavy atom. The monoisotopic (exact) mass is 273 g/mol. The lowest BCUT2D eigenvalue weighted by atomic mass is 10.0. The van der Waals surface area contributed by atoms with Crippen LogP contribution >= 0.6 is 0 Å². The Kier molecular flexibility index (Phi) is 4.90. The SMILES string of the molecule is CCCC(CN)c1nc(Cc2cc(C)cc(C)c2)no1. The summed E-state index contributed by atoms with van der Waals surface area (Å²) in [6.07, 6.45) is 2.76. The van der Waals surface area contributed by atoms with E-state index in [-0.39, 0.29) is 5.92 Å². The molecule has 4 nitrogen and oxygen atoms in total. The van der Waals surface area contributed by atoms with Gasteiger partial charge in [0, 0.05) is 13.0 Å². The van der Waals surface area contributed by atoms with Gasteiger partial charge in [-0.1, -0.05) is 47.8 Å². The number of nitrogens with zero attached hydrogens (tertiary/aromatic N) is 2. The lowest BCUT2D eigenvalue weighted by molar-refractivity contribution is 0.344. The lowest BCUT2D eigenvalue weighted by Gasteiger charge is -2.06. The second-order valence-corrected chi connectivity index (χ2v) is 5.44. The van der Waals surface area contributed by atoms with Crippen molar-refractivity contribution < 1.29 is 4.52 Å². The summed E-state index contributed by atoms with van der Waals surface area (Å²) in [5.41, 5.74) is 9.50. The molecule has 0 amide bonds. The highest BCUT2D eigenvalue weighted by molar-refractivity contribution is 5.30. The van der Waals surface area contributed by atoms with Crippen LogP contribution in [0.1, 0.15) is 54.1 Å². The molecule has 0 aliphatic heterocycles. The Morgan fingerprint density at radius 1 is 1.20 bits per heavy atom. The molecule has 2 N–H and O–H groups in total. The van der Waals surface area contributed by atoms with Gasteiger partial charge in [0.2, 0.25) is 5.89 Å². The number of rotatable bonds is 6. The van der Waals surface area contributed by atoms with Crippen LogP contribution in [0, 0.1) is 13.8 Å². The number of aromatic nitrogens is 2. The fourth-order valence-electron chi connectivity index (χ4n) is 2.55. The number of aryl methyl sites for hydroxylation is 2. The highest BCUT2D eigenvalue weighted by atomic mass is 16.5. The quantitative estimate of drug-likeness (QED) is 0.878. The Morgan fingerprint density at radius 2 is 1.90 bits per heavy atom. The van der Waals surface area contributed by atoms with Gasteiger partial charge in [-0.05, 0) is 25.8 Å². The molecule has 20 heavy (non-hydrogen) atoms. The van der Waals surface area contributed by atoms with Crippen molar-refractivity contribution in [1.82, 2.24) is 10.1 Å². The molecule has 0 aliphatic carbocycles. The Balaban J connectivity index is 2.12. The maximum absolute atomic E-state index is 5.76. The Bertz CT molecular complexity index is 542. The molecule has 0 spiro atoms. The van der Waals surface area contributed by atoms with Crippen molar-refractivity contribution in [3.63, 3.8) is 0 Å². The molecule has 0 saturated carbocycles. The van der Waals surface area contributed by atoms with Gasteiger partial charge in [0.05, 0.1) is 5.92 Å². The van der Waals surface area contributed by atoms with Crippen LogP contribution in [0.5, 0.6) is 0 Å². The summed E-state index contributed by atoms with van der Waals surface area (Å²) in [6, 6.07) is 6.49. The summed E-state index contributed by atoms with van der Waals surface area (Å²) in [5, 5.41) is 4.08. The van der Waals surface area contributed by atoms with Crippen LogP contribution in [0.2, 0.25) is 0 Å². The molecule has 1 unspecified atom stereocenters. The van der Waals surface area contributed by atoms with Gasteiger partial charge in [-0.2, -0.15) is 4.98 Å². The van der Waals surface area contributed by atoms with Crippen molar-refractivity contribution in [2.75, 3.05) is 6.54 Å². The van der Waals surface area contributed by atoms with Crippen LogP contribution in [0.15, 0.2) is 22.7 Å². The molecule has 108 valence electrons. The predicted octanol–water partition coefficient (Wildman–Crippen LogP) is 3.12. The van der Waals surface area contributed by atoms with Crippen molar-refractivity contribution in [2.24, 2.45) is 5.73 Å². The molecule has 0 bridgehead atoms. The normalized spacial score (nSPS) is 12.6. The maximum atomic E-state index is 5.76. The minimum absolute atomic E-state index is 0.181. The molecule has 1 aromatic heterocycles. The van der Waals surface area contributed by atoms with Crippen molar-refractivity contribution in [3.05, 3.63) is 46.6 Å². The second kappa shape index (κ2) is 6.66. The van der Waals surface area contributed by atoms with Crippen LogP contribution in [0.3, 0.4) is 0 Å². The molecule has 0 aliphatic rings. The summed E-state index contributed by atoms with van der Waals surface area (Å²) < 4.78 is 5.36. The number of nitrogens with two attached hydrogens (primary N) is 1. The molecule has 2 aromatic rings. The minimum atomic E-state index is 0.181. The molecule has 1 aromatic carbocycles. The van der Waals surface area contributed by atoms with E-state index in [4.69, 9.17) is 10.3 Å². The van der Waals surface area contributed by atoms with E-state index in [0.29, 0.717) is 18.9 Å². The van der Waals surface area contributed by atoms with E-state index in [2.05, 4.69) is 49.1 Å². The van der Waals surface area contributed by atoms with E-state index in [9.17, 15) is 0 Å². The topological polar surface area (TPSA) is 64.9 Å². The predicted molar refractivity (Wildman–Crippen MR) is 79.7 cm³/mol. The first-order valence-corrected chi connectivity index (χ1v) is 7.22. The molecule has 1 atom stereocenters. The number of benzene rings is 1. The van der Waals surface area contributed by atoms with E-state index >= 15 is 0 Å². The number of hydrogen-bond acceptors (Lipinski definition) is 4. The molecular formula is C16H23N3O. The van der Waals surface area contributed by atoms with Crippen molar-refractivity contribution in [1.29, 1.82) is 0 Å². The Hall–Kier alpha value is -1.68. The fraction of sp³-hybridized carbons (Fsp3) is 0.500. The second-order valence-electron chi connectivity index (χ2n) is 5.44. The van der Waals surface area contributed by atoms with Gasteiger partial charge in [0.25, 0.3) is 0 Å². The summed E-state index contributed by atoms with van der Waals surface area (Å²) >= 11 is 0. The zero-order valence-corrected chi connectivity index (χ0v) is 12.5. The van der Waals surface area contributed by atoms with E-state index in [1.54, 1.807) is 0 Å². The average Bonchev–Trinajstić information content (AvgIpc) is 2.83. The summed E-state index contributed by atoms with van der Waals surface area (Å²) in [6.45, 7) is 6.89. The van der Waals surface area contributed by atoms with E-state index in [0.717, 1.165) is 18.7 Å². The number of hydrogen-bond donors (Lipinski definition) is 1. The van der Waals surface area contributed by atoms with Gasteiger partial charge >= 0.3 is 0 Å². The van der Waals surface area contributed by atoms with Crippen molar-refractivity contribution in [3.8, 4) is 0 Å². The van der Waals surface area contributed by atoms with E-state index in [1.807, 2.05) is 0 Å². The highest BCUT2D eigenvalue weighted by Gasteiger charge is 2.16. The van der Waals surface area contributed by atoms with Crippen LogP contribution in [-0.4, -0.2) is 16.7 Å². The molecule has 1 heterocycles. The molecule has 2 rings (SSSR count). The van der Waals surface area contributed by atoms with Gasteiger partial charge in [0.1, 0.15) is 0 Å². The van der Waals surface area contributed by atoms with Crippen LogP contribution in [0.4, 0.5) is 0 Å². The molecular weight excluding hydrogens is 250 g/mol. The Labute approximate surface area is 120 Å². The smallest absolute Gasteiger partial charge is 0.231 e. The zero-order chi connectivity index (χ0) is 14.5. The van der Waals surface area contributed by atoms with Crippen molar-refractivity contribution >= 4 is 0 Å². The first-order chi connectivity index (χ1) is 9.62. The van der Waals surface area contributed by atoms with Crippen molar-refractivity contribution in [2.45, 2.75) is 46.0 Å². The first-order valence-electron chi connectivity index (χ1n) is 7.22. The van der Waals surface area contributed by atoms with Gasteiger partial charge in [0.15, 0.2) is 5.82 Å². The van der Waals surface area contributed by atoms with Gasteiger partial charge in [-0.15, -0.1) is 0 Å². The summed E-state index contributed by atoms with van der Waals surface area (Å²) in [4.78, 5) is 4.50. The van der Waals surface area contributed by atoms with Gasteiger partial charge < -0.3 is 10.3 Å². The van der Waals surface area contributed by atoms with Crippen LogP contribution < -0.4 is 5.73 Å². The third-order valence-corrected chi connectivity index (χ3v) is 3.40. The summed E-state index contributed by atoms with van der Waals surface area (Å²) in [7, 11) is 0. The maximum Gasteiger partial charge on any atom is 0.231 e. The molecule has 0 saturated heterocycles. The largest absolute Gasteiger partial charge is 0.339 e.